The first-order valence-electron chi connectivity index (χ1n) is 6.71. The maximum atomic E-state index is 8.99. The highest BCUT2D eigenvalue weighted by molar-refractivity contribution is 7.07. The van der Waals surface area contributed by atoms with Gasteiger partial charge in [-0.3, -0.25) is 0 Å². The number of benzene rings is 1. The van der Waals surface area contributed by atoms with E-state index in [1.165, 1.54) is 11.1 Å². The summed E-state index contributed by atoms with van der Waals surface area (Å²) in [5.41, 5.74) is 3.70. The molecule has 0 saturated carbocycles. The molecule has 0 aliphatic rings. The molecule has 102 valence electrons. The fraction of sp³-hybridized carbons (Fsp3) is 0.375. The minimum atomic E-state index is 0.121. The Labute approximate surface area is 119 Å². The number of hydrogen-bond donors (Lipinski definition) is 2. The summed E-state index contributed by atoms with van der Waals surface area (Å²) < 4.78 is 0. The van der Waals surface area contributed by atoms with E-state index in [0.29, 0.717) is 6.04 Å². The Kier molecular flexibility index (Phi) is 5.58. The lowest BCUT2D eigenvalue weighted by atomic mass is 10.1. The van der Waals surface area contributed by atoms with Gasteiger partial charge in [0.1, 0.15) is 0 Å². The molecule has 0 aliphatic heterocycles. The van der Waals surface area contributed by atoms with Crippen molar-refractivity contribution in [1.29, 1.82) is 0 Å². The van der Waals surface area contributed by atoms with Gasteiger partial charge >= 0.3 is 0 Å². The van der Waals surface area contributed by atoms with Gasteiger partial charge in [0, 0.05) is 6.04 Å². The molecule has 2 nitrogen and oxygen atoms in total. The summed E-state index contributed by atoms with van der Waals surface area (Å²) in [5.74, 6) is 0. The summed E-state index contributed by atoms with van der Waals surface area (Å²) in [4.78, 5) is 0. The largest absolute Gasteiger partial charge is 0.392 e. The van der Waals surface area contributed by atoms with Crippen molar-refractivity contribution in [3.05, 3.63) is 57.8 Å². The van der Waals surface area contributed by atoms with Gasteiger partial charge in [-0.05, 0) is 59.8 Å². The van der Waals surface area contributed by atoms with Gasteiger partial charge in [0.2, 0.25) is 0 Å². The van der Waals surface area contributed by atoms with Crippen molar-refractivity contribution in [3.63, 3.8) is 0 Å². The van der Waals surface area contributed by atoms with Gasteiger partial charge in [-0.15, -0.1) is 0 Å². The Bertz CT molecular complexity index is 464. The molecule has 19 heavy (non-hydrogen) atoms. The van der Waals surface area contributed by atoms with E-state index in [1.807, 2.05) is 12.1 Å². The topological polar surface area (TPSA) is 32.3 Å². The van der Waals surface area contributed by atoms with Gasteiger partial charge in [-0.25, -0.2) is 0 Å². The molecule has 0 fully saturated rings. The lowest BCUT2D eigenvalue weighted by Gasteiger charge is -2.13. The first-order chi connectivity index (χ1) is 9.28. The van der Waals surface area contributed by atoms with Crippen molar-refractivity contribution in [1.82, 2.24) is 5.32 Å². The third-order valence-electron chi connectivity index (χ3n) is 3.23. The van der Waals surface area contributed by atoms with Crippen LogP contribution in [0.3, 0.4) is 0 Å². The molecule has 1 atom stereocenters. The van der Waals surface area contributed by atoms with Gasteiger partial charge < -0.3 is 10.4 Å². The lowest BCUT2D eigenvalue weighted by molar-refractivity contribution is 0.282. The quantitative estimate of drug-likeness (QED) is 0.814. The van der Waals surface area contributed by atoms with Crippen LogP contribution in [0.25, 0.3) is 0 Å². The van der Waals surface area contributed by atoms with Crippen LogP contribution in [0.15, 0.2) is 41.1 Å². The summed E-state index contributed by atoms with van der Waals surface area (Å²) >= 11 is 1.76. The van der Waals surface area contributed by atoms with Crippen LogP contribution in [-0.4, -0.2) is 17.7 Å². The average molecular weight is 275 g/mol. The smallest absolute Gasteiger partial charge is 0.0681 e. The second kappa shape index (κ2) is 7.43. The highest BCUT2D eigenvalue weighted by Crippen LogP contribution is 2.09. The maximum absolute atomic E-state index is 8.99. The van der Waals surface area contributed by atoms with Crippen LogP contribution in [0.5, 0.6) is 0 Å². The van der Waals surface area contributed by atoms with E-state index in [0.717, 1.165) is 24.9 Å². The van der Waals surface area contributed by atoms with Crippen molar-refractivity contribution in [2.24, 2.45) is 0 Å². The highest BCUT2D eigenvalue weighted by atomic mass is 32.1. The summed E-state index contributed by atoms with van der Waals surface area (Å²) in [6, 6.07) is 10.9. The van der Waals surface area contributed by atoms with E-state index in [9.17, 15) is 0 Å². The van der Waals surface area contributed by atoms with Crippen LogP contribution in [0.2, 0.25) is 0 Å². The lowest BCUT2D eigenvalue weighted by Crippen LogP contribution is -2.29. The van der Waals surface area contributed by atoms with Gasteiger partial charge in [-0.2, -0.15) is 11.3 Å². The van der Waals surface area contributed by atoms with Gasteiger partial charge in [-0.1, -0.05) is 24.3 Å². The molecule has 0 amide bonds. The molecule has 1 unspecified atom stereocenters. The second-order valence-electron chi connectivity index (χ2n) is 4.92. The predicted octanol–water partition coefficient (Wildman–Crippen LogP) is 3.00. The molecule has 1 aromatic carbocycles. The van der Waals surface area contributed by atoms with Crippen LogP contribution >= 0.6 is 11.3 Å². The zero-order chi connectivity index (χ0) is 13.5. The van der Waals surface area contributed by atoms with Gasteiger partial charge in [0.25, 0.3) is 0 Å². The van der Waals surface area contributed by atoms with E-state index in [2.05, 4.69) is 41.2 Å². The average Bonchev–Trinajstić information content (AvgIpc) is 2.92. The summed E-state index contributed by atoms with van der Waals surface area (Å²) in [6.45, 7) is 3.34. The van der Waals surface area contributed by atoms with Gasteiger partial charge in [0.15, 0.2) is 0 Å². The molecule has 2 aromatic rings. The first kappa shape index (κ1) is 14.3. The van der Waals surface area contributed by atoms with E-state index in [1.54, 1.807) is 11.3 Å². The standard InChI is InChI=1S/C16H21NOS/c1-13(10-16-7-9-19-12-16)17-8-6-14-2-4-15(11-18)5-3-14/h2-5,7,9,12-13,17-18H,6,8,10-11H2,1H3. The normalized spacial score (nSPS) is 12.5. The van der Waals surface area contributed by atoms with E-state index >= 15 is 0 Å². The zero-order valence-corrected chi connectivity index (χ0v) is 12.1. The Hall–Kier alpha value is -1.16. The molecular weight excluding hydrogens is 254 g/mol. The van der Waals surface area contributed by atoms with Crippen molar-refractivity contribution in [2.45, 2.75) is 32.4 Å². The molecular formula is C16H21NOS. The molecule has 1 heterocycles. The SMILES string of the molecule is CC(Cc1ccsc1)NCCc1ccc(CO)cc1. The number of aliphatic hydroxyl groups excluding tert-OH is 1. The number of thiophene rings is 1. The van der Waals surface area contributed by atoms with Crippen LogP contribution < -0.4 is 5.32 Å². The maximum Gasteiger partial charge on any atom is 0.0681 e. The van der Waals surface area contributed by atoms with Crippen molar-refractivity contribution in [2.75, 3.05) is 6.54 Å². The molecule has 3 heteroatoms. The highest BCUT2D eigenvalue weighted by Gasteiger charge is 2.03. The Balaban J connectivity index is 1.70. The van der Waals surface area contributed by atoms with E-state index in [4.69, 9.17) is 5.11 Å². The Morgan fingerprint density at radius 3 is 2.47 bits per heavy atom. The Morgan fingerprint density at radius 2 is 1.84 bits per heavy atom. The van der Waals surface area contributed by atoms with Crippen LogP contribution in [0.1, 0.15) is 23.6 Å². The molecule has 0 spiro atoms. The molecule has 2 N–H and O–H groups in total. The predicted molar refractivity (Wildman–Crippen MR) is 81.6 cm³/mol. The van der Waals surface area contributed by atoms with E-state index < -0.39 is 0 Å². The zero-order valence-electron chi connectivity index (χ0n) is 11.3. The van der Waals surface area contributed by atoms with E-state index in [-0.39, 0.29) is 6.61 Å². The molecule has 0 saturated heterocycles. The fourth-order valence-electron chi connectivity index (χ4n) is 2.11. The van der Waals surface area contributed by atoms with Crippen molar-refractivity contribution in [3.8, 4) is 0 Å². The van der Waals surface area contributed by atoms with Crippen molar-refractivity contribution < 1.29 is 5.11 Å². The first-order valence-corrected chi connectivity index (χ1v) is 7.65. The molecule has 0 bridgehead atoms. The molecule has 2 rings (SSSR count). The van der Waals surface area contributed by atoms with Crippen LogP contribution in [0, 0.1) is 0 Å². The summed E-state index contributed by atoms with van der Waals surface area (Å²) in [6.07, 6.45) is 2.12. The number of rotatable bonds is 7. The van der Waals surface area contributed by atoms with Crippen LogP contribution in [0.4, 0.5) is 0 Å². The van der Waals surface area contributed by atoms with Crippen LogP contribution in [-0.2, 0) is 19.4 Å². The minimum Gasteiger partial charge on any atom is -0.392 e. The number of aliphatic hydroxyl groups is 1. The summed E-state index contributed by atoms with van der Waals surface area (Å²) in [5, 5.41) is 16.9. The van der Waals surface area contributed by atoms with Gasteiger partial charge in [0.05, 0.1) is 6.61 Å². The molecule has 0 aliphatic carbocycles. The molecule has 0 radical (unpaired) electrons. The summed E-state index contributed by atoms with van der Waals surface area (Å²) in [7, 11) is 0. The fourth-order valence-corrected chi connectivity index (χ4v) is 2.79. The third kappa shape index (κ3) is 4.78. The monoisotopic (exact) mass is 275 g/mol. The Morgan fingerprint density at radius 1 is 1.11 bits per heavy atom. The second-order valence-corrected chi connectivity index (χ2v) is 5.70. The molecule has 1 aromatic heterocycles. The van der Waals surface area contributed by atoms with Crippen molar-refractivity contribution >= 4 is 11.3 Å². The number of nitrogens with one attached hydrogen (secondary N) is 1. The number of hydrogen-bond acceptors (Lipinski definition) is 3. The third-order valence-corrected chi connectivity index (χ3v) is 3.97. The minimum absolute atomic E-state index is 0.121.